The van der Waals surface area contributed by atoms with Crippen LogP contribution in [-0.2, 0) is 4.43 Å². The summed E-state index contributed by atoms with van der Waals surface area (Å²) in [7, 11) is -2.25. The van der Waals surface area contributed by atoms with Crippen LogP contribution in [-0.4, -0.2) is 32.3 Å². The molecule has 2 aromatic rings. The summed E-state index contributed by atoms with van der Waals surface area (Å²) in [5, 5.41) is 3.70. The Hall–Kier alpha value is -0.523. The van der Waals surface area contributed by atoms with Crippen molar-refractivity contribution in [2.45, 2.75) is 38.9 Å². The molecule has 1 atom stereocenters. The Morgan fingerprint density at radius 1 is 0.800 bits per heavy atom. The topological polar surface area (TPSA) is 9.23 Å². The minimum Gasteiger partial charge on any atom is -0.417 e. The van der Waals surface area contributed by atoms with E-state index in [0.29, 0.717) is 5.02 Å². The summed E-state index contributed by atoms with van der Waals surface area (Å²) in [6.07, 6.45) is 2.58. The highest BCUT2D eigenvalue weighted by atomic mass is 31.2. The Morgan fingerprint density at radius 2 is 1.24 bits per heavy atom. The van der Waals surface area contributed by atoms with Gasteiger partial charge < -0.3 is 4.43 Å². The van der Waals surface area contributed by atoms with Crippen LogP contribution in [0.2, 0.25) is 13.1 Å². The summed E-state index contributed by atoms with van der Waals surface area (Å²) in [5.74, 6) is 0. The number of hydrogen-bond acceptors (Lipinski definition) is 1. The molecule has 0 aliphatic heterocycles. The fraction of sp³-hybridized carbons (Fsp3) is 0.429. The summed E-state index contributed by atoms with van der Waals surface area (Å²) in [6, 6.07) is 22.4. The number of rotatable bonds is 9. The van der Waals surface area contributed by atoms with Crippen molar-refractivity contribution in [2.75, 3.05) is 18.9 Å². The van der Waals surface area contributed by atoms with Crippen LogP contribution in [0.4, 0.5) is 0 Å². The Kier molecular flexibility index (Phi) is 8.30. The van der Waals surface area contributed by atoms with Gasteiger partial charge in [0, 0.05) is 11.6 Å². The third-order valence-corrected chi connectivity index (χ3v) is 18.7. The first-order valence-corrected chi connectivity index (χ1v) is 15.5. The predicted octanol–water partition coefficient (Wildman–Crippen LogP) is 5.75. The van der Waals surface area contributed by atoms with Gasteiger partial charge in [0.15, 0.2) is 8.32 Å². The van der Waals surface area contributed by atoms with E-state index in [2.05, 4.69) is 94.5 Å². The van der Waals surface area contributed by atoms with Gasteiger partial charge in [-0.1, -0.05) is 82.4 Å². The van der Waals surface area contributed by atoms with Gasteiger partial charge in [0.2, 0.25) is 0 Å². The molecule has 2 rings (SSSR count). The Morgan fingerprint density at radius 3 is 1.60 bits per heavy atom. The lowest BCUT2D eigenvalue weighted by atomic mass is 10.4. The van der Waals surface area contributed by atoms with Crippen molar-refractivity contribution >= 4 is 34.8 Å². The second-order valence-corrected chi connectivity index (χ2v) is 17.4. The van der Waals surface area contributed by atoms with Crippen LogP contribution in [0.15, 0.2) is 60.7 Å². The first-order valence-electron chi connectivity index (χ1n) is 9.32. The van der Waals surface area contributed by atoms with E-state index < -0.39 is 16.2 Å². The molecule has 0 saturated carbocycles. The maximum atomic E-state index is 6.47. The summed E-state index contributed by atoms with van der Waals surface area (Å²) in [6.45, 7) is 12.6. The fourth-order valence-electron chi connectivity index (χ4n) is 3.54. The maximum Gasteiger partial charge on any atom is 0.198 e. The molecule has 25 heavy (non-hydrogen) atoms. The second-order valence-electron chi connectivity index (χ2n) is 6.67. The van der Waals surface area contributed by atoms with Crippen LogP contribution in [0.5, 0.6) is 0 Å². The van der Waals surface area contributed by atoms with Gasteiger partial charge >= 0.3 is 0 Å². The Balaban J connectivity index is 2.60. The highest BCUT2D eigenvalue weighted by Gasteiger charge is 2.43. The zero-order chi connectivity index (χ0) is 18.3. The van der Waals surface area contributed by atoms with Crippen molar-refractivity contribution in [3.8, 4) is 0 Å². The highest BCUT2D eigenvalue weighted by molar-refractivity contribution is 7.87. The number of hydrogen-bond donors (Lipinski definition) is 0. The van der Waals surface area contributed by atoms with E-state index in [1.54, 1.807) is 0 Å². The van der Waals surface area contributed by atoms with Gasteiger partial charge in [-0.15, -0.1) is 0 Å². The molecular formula is C21H32OP2Si. The van der Waals surface area contributed by atoms with Crippen molar-refractivity contribution in [3.05, 3.63) is 60.7 Å². The lowest BCUT2D eigenvalue weighted by molar-refractivity contribution is 0.332. The molecule has 0 aromatic heterocycles. The molecule has 0 fully saturated rings. The van der Waals surface area contributed by atoms with Crippen LogP contribution in [0.25, 0.3) is 0 Å². The molecule has 2 aromatic carbocycles. The molecule has 136 valence electrons. The lowest BCUT2D eigenvalue weighted by Gasteiger charge is -2.43. The summed E-state index contributed by atoms with van der Waals surface area (Å²) in [4.78, 5) is 0. The van der Waals surface area contributed by atoms with Crippen molar-refractivity contribution in [1.29, 1.82) is 0 Å². The van der Waals surface area contributed by atoms with Crippen LogP contribution in [0.3, 0.4) is 0 Å². The second kappa shape index (κ2) is 9.98. The van der Waals surface area contributed by atoms with E-state index >= 15 is 0 Å². The standard InChI is InChI=1S/C21H32OP2Si/c1-6-22-25(4,5)21(23(7-2)8-3)24(19-15-11-9-12-16-19)20-17-13-10-14-18-20/h9-18,21H,6-8H2,1-5H3. The van der Waals surface area contributed by atoms with E-state index in [1.807, 2.05) is 0 Å². The molecule has 0 bridgehead atoms. The van der Waals surface area contributed by atoms with Gasteiger partial charge in [0.05, 0.1) is 0 Å². The molecule has 1 unspecified atom stereocenters. The molecule has 1 nitrogen and oxygen atoms in total. The van der Waals surface area contributed by atoms with Gasteiger partial charge in [-0.2, -0.15) is 0 Å². The molecule has 0 spiro atoms. The first kappa shape index (κ1) is 20.8. The Bertz CT molecular complexity index is 575. The molecule has 0 amide bonds. The van der Waals surface area contributed by atoms with E-state index in [9.17, 15) is 0 Å². The quantitative estimate of drug-likeness (QED) is 0.391. The van der Waals surface area contributed by atoms with Crippen molar-refractivity contribution in [2.24, 2.45) is 0 Å². The molecule has 0 aliphatic rings. The molecule has 0 aliphatic carbocycles. The van der Waals surface area contributed by atoms with Gasteiger partial charge in [0.1, 0.15) is 0 Å². The van der Waals surface area contributed by atoms with Gasteiger partial charge in [0.25, 0.3) is 0 Å². The average molecular weight is 391 g/mol. The van der Waals surface area contributed by atoms with Crippen molar-refractivity contribution < 1.29 is 4.43 Å². The van der Waals surface area contributed by atoms with Crippen LogP contribution in [0.1, 0.15) is 20.8 Å². The van der Waals surface area contributed by atoms with Crippen LogP contribution >= 0.6 is 15.8 Å². The summed E-state index contributed by atoms with van der Waals surface area (Å²) >= 11 is 0. The molecular weight excluding hydrogens is 358 g/mol. The SMILES string of the molecule is CCO[Si](C)(C)C(P(CC)CC)P(c1ccccc1)c1ccccc1. The van der Waals surface area contributed by atoms with E-state index in [1.165, 1.54) is 22.9 Å². The third kappa shape index (κ3) is 5.24. The number of benzene rings is 2. The van der Waals surface area contributed by atoms with Gasteiger partial charge in [-0.05, 0) is 50.9 Å². The van der Waals surface area contributed by atoms with E-state index in [0.717, 1.165) is 6.61 Å². The molecule has 0 radical (unpaired) electrons. The predicted molar refractivity (Wildman–Crippen MR) is 120 cm³/mol. The van der Waals surface area contributed by atoms with Crippen LogP contribution < -0.4 is 10.6 Å². The normalized spacial score (nSPS) is 13.4. The Labute approximate surface area is 157 Å². The minimum atomic E-state index is -1.81. The van der Waals surface area contributed by atoms with Crippen LogP contribution in [0, 0.1) is 0 Å². The monoisotopic (exact) mass is 390 g/mol. The largest absolute Gasteiger partial charge is 0.417 e. The molecule has 0 heterocycles. The minimum absolute atomic E-state index is 0.0403. The third-order valence-electron chi connectivity index (χ3n) is 4.61. The highest BCUT2D eigenvalue weighted by Crippen LogP contribution is 2.60. The fourth-order valence-corrected chi connectivity index (χ4v) is 18.9. The lowest BCUT2D eigenvalue weighted by Crippen LogP contribution is -2.46. The zero-order valence-electron chi connectivity index (χ0n) is 16.3. The zero-order valence-corrected chi connectivity index (χ0v) is 19.1. The van der Waals surface area contributed by atoms with E-state index in [4.69, 9.17) is 4.43 Å². The smallest absolute Gasteiger partial charge is 0.198 e. The average Bonchev–Trinajstić information content (AvgIpc) is 2.63. The maximum absolute atomic E-state index is 6.47. The summed E-state index contributed by atoms with van der Waals surface area (Å²) in [5.41, 5.74) is 0. The van der Waals surface area contributed by atoms with Gasteiger partial charge in [-0.25, -0.2) is 0 Å². The van der Waals surface area contributed by atoms with E-state index in [-0.39, 0.29) is 7.92 Å². The first-order chi connectivity index (χ1) is 12.0. The molecule has 0 N–H and O–H groups in total. The summed E-state index contributed by atoms with van der Waals surface area (Å²) < 4.78 is 6.47. The van der Waals surface area contributed by atoms with Gasteiger partial charge in [-0.3, -0.25) is 0 Å². The molecule has 4 heteroatoms. The molecule has 0 saturated heterocycles. The van der Waals surface area contributed by atoms with Crippen molar-refractivity contribution in [1.82, 2.24) is 0 Å². The van der Waals surface area contributed by atoms with Crippen molar-refractivity contribution in [3.63, 3.8) is 0 Å².